The predicted molar refractivity (Wildman–Crippen MR) is 67.7 cm³/mol. The van der Waals surface area contributed by atoms with Crippen molar-refractivity contribution in [2.45, 2.75) is 19.8 Å². The van der Waals surface area contributed by atoms with Crippen LogP contribution in [0.3, 0.4) is 0 Å². The van der Waals surface area contributed by atoms with Gasteiger partial charge < -0.3 is 10.6 Å². The summed E-state index contributed by atoms with van der Waals surface area (Å²) in [7, 11) is 1.85. The molecule has 0 fully saturated rings. The number of nitrogens with zero attached hydrogens (tertiary/aromatic N) is 1. The number of carbonyl (C=O) groups excluding carboxylic acids is 1. The number of amides is 1. The van der Waals surface area contributed by atoms with Crippen molar-refractivity contribution >= 4 is 11.6 Å². The fourth-order valence-electron chi connectivity index (χ4n) is 1.56. The van der Waals surface area contributed by atoms with Gasteiger partial charge in [-0.25, -0.2) is 0 Å². The zero-order valence-electron chi connectivity index (χ0n) is 10.2. The van der Waals surface area contributed by atoms with Crippen LogP contribution in [-0.4, -0.2) is 19.5 Å². The molecular weight excluding hydrogens is 214 g/mol. The number of nitriles is 1. The third-order valence-corrected chi connectivity index (χ3v) is 2.49. The first-order valence-electron chi connectivity index (χ1n) is 5.63. The Morgan fingerprint density at radius 3 is 2.88 bits per heavy atom. The zero-order valence-corrected chi connectivity index (χ0v) is 10.2. The van der Waals surface area contributed by atoms with Gasteiger partial charge in [0.2, 0.25) is 5.91 Å². The first-order valence-corrected chi connectivity index (χ1v) is 5.63. The first kappa shape index (κ1) is 13.2. The summed E-state index contributed by atoms with van der Waals surface area (Å²) in [5, 5.41) is 14.8. The minimum atomic E-state index is -0.0534. The number of aryl methyl sites for hydroxylation is 1. The molecule has 1 aromatic carbocycles. The maximum atomic E-state index is 11.6. The third kappa shape index (κ3) is 3.89. The normalized spacial score (nSPS) is 9.71. The highest BCUT2D eigenvalue weighted by atomic mass is 16.1. The molecule has 0 heterocycles. The lowest BCUT2D eigenvalue weighted by molar-refractivity contribution is -0.116. The van der Waals surface area contributed by atoms with E-state index in [0.717, 1.165) is 18.5 Å². The van der Waals surface area contributed by atoms with Crippen molar-refractivity contribution in [1.82, 2.24) is 5.32 Å². The number of anilines is 1. The molecule has 0 saturated heterocycles. The highest BCUT2D eigenvalue weighted by Gasteiger charge is 2.07. The summed E-state index contributed by atoms with van der Waals surface area (Å²) in [5.41, 5.74) is 2.01. The highest BCUT2D eigenvalue weighted by Crippen LogP contribution is 2.18. The van der Waals surface area contributed by atoms with Crippen molar-refractivity contribution in [3.8, 4) is 6.07 Å². The van der Waals surface area contributed by atoms with Gasteiger partial charge in [-0.1, -0.05) is 12.1 Å². The molecule has 0 spiro atoms. The molecule has 0 bridgehead atoms. The van der Waals surface area contributed by atoms with Crippen LogP contribution in [0.1, 0.15) is 24.0 Å². The van der Waals surface area contributed by atoms with E-state index in [9.17, 15) is 4.79 Å². The Kier molecular flexibility index (Phi) is 5.18. The molecule has 17 heavy (non-hydrogen) atoms. The maximum absolute atomic E-state index is 11.6. The minimum absolute atomic E-state index is 0.0534. The predicted octanol–water partition coefficient (Wildman–Crippen LogP) is 1.80. The summed E-state index contributed by atoms with van der Waals surface area (Å²) < 4.78 is 0. The summed E-state index contributed by atoms with van der Waals surface area (Å²) >= 11 is 0. The molecule has 0 unspecified atom stereocenters. The number of hydrogen-bond acceptors (Lipinski definition) is 3. The molecule has 1 aromatic rings. The largest absolute Gasteiger partial charge is 0.325 e. The van der Waals surface area contributed by atoms with Crippen LogP contribution in [0, 0.1) is 18.3 Å². The number of rotatable bonds is 5. The second-order valence-corrected chi connectivity index (χ2v) is 3.86. The third-order valence-electron chi connectivity index (χ3n) is 2.49. The fraction of sp³-hybridized carbons (Fsp3) is 0.385. The molecule has 4 nitrogen and oxygen atoms in total. The Labute approximate surface area is 102 Å². The smallest absolute Gasteiger partial charge is 0.224 e. The quantitative estimate of drug-likeness (QED) is 0.759. The molecule has 1 rings (SSSR count). The summed E-state index contributed by atoms with van der Waals surface area (Å²) in [5.74, 6) is -0.0534. The van der Waals surface area contributed by atoms with Gasteiger partial charge in [0.15, 0.2) is 0 Å². The summed E-state index contributed by atoms with van der Waals surface area (Å²) in [6.45, 7) is 2.67. The van der Waals surface area contributed by atoms with E-state index in [1.165, 1.54) is 0 Å². The van der Waals surface area contributed by atoms with Gasteiger partial charge >= 0.3 is 0 Å². The molecule has 0 aliphatic heterocycles. The lowest BCUT2D eigenvalue weighted by atomic mass is 10.1. The standard InChI is InChI=1S/C13H17N3O/c1-10-5-3-6-12(11(10)9-14)16-13(17)7-4-8-15-2/h3,5-6,15H,4,7-8H2,1-2H3,(H,16,17). The van der Waals surface area contributed by atoms with E-state index >= 15 is 0 Å². The number of benzene rings is 1. The van der Waals surface area contributed by atoms with E-state index in [0.29, 0.717) is 17.7 Å². The Bertz CT molecular complexity index is 435. The van der Waals surface area contributed by atoms with Crippen LogP contribution in [0.4, 0.5) is 5.69 Å². The second kappa shape index (κ2) is 6.66. The van der Waals surface area contributed by atoms with Crippen molar-refractivity contribution in [3.05, 3.63) is 29.3 Å². The van der Waals surface area contributed by atoms with Crippen LogP contribution >= 0.6 is 0 Å². The average Bonchev–Trinajstić information content (AvgIpc) is 2.29. The molecule has 0 radical (unpaired) electrons. The van der Waals surface area contributed by atoms with Gasteiger partial charge in [-0.15, -0.1) is 0 Å². The van der Waals surface area contributed by atoms with Gasteiger partial charge in [-0.05, 0) is 38.6 Å². The number of nitrogens with one attached hydrogen (secondary N) is 2. The number of carbonyl (C=O) groups is 1. The van der Waals surface area contributed by atoms with Crippen LogP contribution < -0.4 is 10.6 Å². The highest BCUT2D eigenvalue weighted by molar-refractivity contribution is 5.92. The molecule has 2 N–H and O–H groups in total. The van der Waals surface area contributed by atoms with E-state index < -0.39 is 0 Å². The van der Waals surface area contributed by atoms with Crippen LogP contribution in [0.25, 0.3) is 0 Å². The maximum Gasteiger partial charge on any atom is 0.224 e. The Hall–Kier alpha value is -1.86. The molecule has 0 aliphatic rings. The Morgan fingerprint density at radius 2 is 2.24 bits per heavy atom. The van der Waals surface area contributed by atoms with Gasteiger partial charge in [0.05, 0.1) is 11.3 Å². The van der Waals surface area contributed by atoms with E-state index in [-0.39, 0.29) is 5.91 Å². The molecular formula is C13H17N3O. The molecule has 0 aromatic heterocycles. The van der Waals surface area contributed by atoms with Crippen LogP contribution in [0.5, 0.6) is 0 Å². The van der Waals surface area contributed by atoms with Crippen molar-refractivity contribution < 1.29 is 4.79 Å². The van der Waals surface area contributed by atoms with Crippen LogP contribution in [0.2, 0.25) is 0 Å². The lowest BCUT2D eigenvalue weighted by Crippen LogP contribution is -2.16. The minimum Gasteiger partial charge on any atom is -0.325 e. The number of hydrogen-bond donors (Lipinski definition) is 2. The molecule has 90 valence electrons. The topological polar surface area (TPSA) is 64.9 Å². The monoisotopic (exact) mass is 231 g/mol. The van der Waals surface area contributed by atoms with Gasteiger partial charge in [-0.3, -0.25) is 4.79 Å². The molecule has 0 saturated carbocycles. The zero-order chi connectivity index (χ0) is 12.7. The first-order chi connectivity index (χ1) is 8.19. The molecule has 0 atom stereocenters. The average molecular weight is 231 g/mol. The van der Waals surface area contributed by atoms with Crippen molar-refractivity contribution in [2.75, 3.05) is 18.9 Å². The summed E-state index contributed by atoms with van der Waals surface area (Å²) in [6.07, 6.45) is 1.25. The Balaban J connectivity index is 2.66. The SMILES string of the molecule is CNCCCC(=O)Nc1cccc(C)c1C#N. The fourth-order valence-corrected chi connectivity index (χ4v) is 1.56. The van der Waals surface area contributed by atoms with Gasteiger partial charge in [0, 0.05) is 6.42 Å². The molecule has 1 amide bonds. The van der Waals surface area contributed by atoms with Gasteiger partial charge in [0.25, 0.3) is 0 Å². The second-order valence-electron chi connectivity index (χ2n) is 3.86. The molecule has 0 aliphatic carbocycles. The van der Waals surface area contributed by atoms with E-state index in [1.54, 1.807) is 6.07 Å². The van der Waals surface area contributed by atoms with Crippen LogP contribution in [-0.2, 0) is 4.79 Å². The summed E-state index contributed by atoms with van der Waals surface area (Å²) in [4.78, 5) is 11.6. The van der Waals surface area contributed by atoms with E-state index in [4.69, 9.17) is 5.26 Å². The van der Waals surface area contributed by atoms with Crippen molar-refractivity contribution in [1.29, 1.82) is 5.26 Å². The van der Waals surface area contributed by atoms with Crippen molar-refractivity contribution in [2.24, 2.45) is 0 Å². The van der Waals surface area contributed by atoms with Crippen molar-refractivity contribution in [3.63, 3.8) is 0 Å². The van der Waals surface area contributed by atoms with Crippen LogP contribution in [0.15, 0.2) is 18.2 Å². The lowest BCUT2D eigenvalue weighted by Gasteiger charge is -2.08. The van der Waals surface area contributed by atoms with E-state index in [1.807, 2.05) is 26.1 Å². The van der Waals surface area contributed by atoms with E-state index in [2.05, 4.69) is 16.7 Å². The van der Waals surface area contributed by atoms with Gasteiger partial charge in [-0.2, -0.15) is 5.26 Å². The van der Waals surface area contributed by atoms with Gasteiger partial charge in [0.1, 0.15) is 6.07 Å². The molecule has 4 heteroatoms. The summed E-state index contributed by atoms with van der Waals surface area (Å²) in [6, 6.07) is 7.55. The Morgan fingerprint density at radius 1 is 1.47 bits per heavy atom.